The van der Waals surface area contributed by atoms with Crippen molar-refractivity contribution in [1.82, 2.24) is 4.90 Å². The molecule has 0 N–H and O–H groups in total. The van der Waals surface area contributed by atoms with Crippen molar-refractivity contribution in [3.8, 4) is 0 Å². The largest absolute Gasteiger partial charge is 0.325 e. The van der Waals surface area contributed by atoms with Gasteiger partial charge >= 0.3 is 0 Å². The van der Waals surface area contributed by atoms with Gasteiger partial charge in [-0.05, 0) is 23.6 Å². The van der Waals surface area contributed by atoms with Gasteiger partial charge in [0.05, 0.1) is 12.2 Å². The van der Waals surface area contributed by atoms with Crippen molar-refractivity contribution in [3.63, 3.8) is 0 Å². The van der Waals surface area contributed by atoms with Crippen LogP contribution in [-0.4, -0.2) is 10.7 Å². The van der Waals surface area contributed by atoms with Crippen LogP contribution in [0.3, 0.4) is 0 Å². The molecule has 0 aromatic carbocycles. The minimum absolute atomic E-state index is 0.789. The van der Waals surface area contributed by atoms with Crippen molar-refractivity contribution < 1.29 is 0 Å². The maximum absolute atomic E-state index is 6.31. The highest BCUT2D eigenvalue weighted by atomic mass is 79.9. The lowest BCUT2D eigenvalue weighted by Gasteiger charge is -2.28. The number of thioether (sulfide) groups is 1. The first-order chi connectivity index (χ1) is 8.25. The highest BCUT2D eigenvalue weighted by Gasteiger charge is 2.28. The number of hydrogen-bond donors (Lipinski definition) is 0. The minimum atomic E-state index is 0.789. The van der Waals surface area contributed by atoms with Crippen LogP contribution < -0.4 is 0 Å². The zero-order chi connectivity index (χ0) is 11.8. The van der Waals surface area contributed by atoms with Gasteiger partial charge in [0.1, 0.15) is 5.16 Å². The molecule has 0 unspecified atom stereocenters. The average Bonchev–Trinajstić information content (AvgIpc) is 2.93. The first kappa shape index (κ1) is 11.9. The van der Waals surface area contributed by atoms with Gasteiger partial charge in [-0.25, -0.2) is 0 Å². The van der Waals surface area contributed by atoms with Gasteiger partial charge in [-0.15, -0.1) is 23.1 Å². The molecule has 2 aliphatic heterocycles. The Morgan fingerprint density at radius 2 is 2.29 bits per heavy atom. The third kappa shape index (κ3) is 2.24. The average molecular weight is 347 g/mol. The first-order valence-electron chi connectivity index (χ1n) is 5.15. The lowest BCUT2D eigenvalue weighted by Crippen LogP contribution is -2.21. The van der Waals surface area contributed by atoms with Crippen molar-refractivity contribution in [2.45, 2.75) is 6.54 Å². The van der Waals surface area contributed by atoms with Crippen LogP contribution in [0.4, 0.5) is 0 Å². The van der Waals surface area contributed by atoms with Crippen molar-refractivity contribution in [1.29, 1.82) is 0 Å². The van der Waals surface area contributed by atoms with E-state index in [2.05, 4.69) is 44.4 Å². The van der Waals surface area contributed by atoms with Gasteiger partial charge < -0.3 is 4.90 Å². The summed E-state index contributed by atoms with van der Waals surface area (Å²) >= 11 is 13.6. The fraction of sp³-hybridized carbons (Fsp3) is 0.167. The smallest absolute Gasteiger partial charge is 0.109 e. The molecule has 2 aliphatic rings. The van der Waals surface area contributed by atoms with Crippen molar-refractivity contribution >= 4 is 50.6 Å². The first-order valence-corrected chi connectivity index (χ1v) is 8.18. The zero-order valence-corrected chi connectivity index (χ0v) is 12.8. The Morgan fingerprint density at radius 1 is 1.41 bits per heavy atom. The number of rotatable bonds is 2. The van der Waals surface area contributed by atoms with Gasteiger partial charge in [-0.3, -0.25) is 0 Å². The molecule has 1 aromatic heterocycles. The Kier molecular flexibility index (Phi) is 3.39. The van der Waals surface area contributed by atoms with Crippen LogP contribution in [0.2, 0.25) is 0 Å². The van der Waals surface area contributed by atoms with E-state index in [1.165, 1.54) is 20.0 Å². The fourth-order valence-electron chi connectivity index (χ4n) is 1.87. The predicted octanol–water partition coefficient (Wildman–Crippen LogP) is 4.88. The minimum Gasteiger partial charge on any atom is -0.325 e. The summed E-state index contributed by atoms with van der Waals surface area (Å²) in [7, 11) is 0. The number of halogens is 2. The summed E-state index contributed by atoms with van der Waals surface area (Å²) in [5, 5.41) is 2.89. The summed E-state index contributed by atoms with van der Waals surface area (Å²) in [4.78, 5) is 4.80. The van der Waals surface area contributed by atoms with E-state index in [0.29, 0.717) is 0 Å². The second kappa shape index (κ2) is 4.84. The van der Waals surface area contributed by atoms with Crippen LogP contribution in [0.15, 0.2) is 49.9 Å². The molecule has 0 radical (unpaired) electrons. The lowest BCUT2D eigenvalue weighted by atomic mass is 10.2. The molecule has 0 saturated carbocycles. The number of fused-ring (bicyclic) bond motifs is 1. The van der Waals surface area contributed by atoms with E-state index in [-0.39, 0.29) is 0 Å². The Hall–Kier alpha value is -0.160. The molecule has 0 fully saturated rings. The standard InChI is InChI=1S/C12H9BrClNS2/c13-9-7-17-10-3-4-11(14)15(12(9)10)6-8-2-1-5-16-8/h1-5H,6-7H2. The topological polar surface area (TPSA) is 3.24 Å². The van der Waals surface area contributed by atoms with Crippen LogP contribution in [0, 0.1) is 0 Å². The van der Waals surface area contributed by atoms with Crippen molar-refractivity contribution in [2.24, 2.45) is 0 Å². The second-order valence-electron chi connectivity index (χ2n) is 3.73. The number of allylic oxidation sites excluding steroid dienone is 2. The van der Waals surface area contributed by atoms with Gasteiger partial charge in [0.2, 0.25) is 0 Å². The Balaban J connectivity index is 1.95. The van der Waals surface area contributed by atoms with Crippen LogP contribution in [-0.2, 0) is 6.54 Å². The van der Waals surface area contributed by atoms with Crippen LogP contribution >= 0.6 is 50.6 Å². The number of nitrogens with zero attached hydrogens (tertiary/aromatic N) is 1. The highest BCUT2D eigenvalue weighted by molar-refractivity contribution is 9.12. The van der Waals surface area contributed by atoms with E-state index in [0.717, 1.165) is 17.5 Å². The molecule has 3 heterocycles. The third-order valence-corrected chi connectivity index (χ3v) is 5.93. The lowest BCUT2D eigenvalue weighted by molar-refractivity contribution is 0.458. The maximum Gasteiger partial charge on any atom is 0.109 e. The third-order valence-electron chi connectivity index (χ3n) is 2.64. The van der Waals surface area contributed by atoms with Crippen LogP contribution in [0.5, 0.6) is 0 Å². The number of thiophene rings is 1. The van der Waals surface area contributed by atoms with Crippen LogP contribution in [0.25, 0.3) is 0 Å². The Labute approximate surface area is 122 Å². The van der Waals surface area contributed by atoms with Gasteiger partial charge in [-0.2, -0.15) is 0 Å². The molecule has 88 valence electrons. The molecular weight excluding hydrogens is 338 g/mol. The summed E-state index contributed by atoms with van der Waals surface area (Å²) in [5.74, 6) is 1.00. The SMILES string of the molecule is ClC1=CC=C2SCC(Br)=C2N1Cc1cccs1. The van der Waals surface area contributed by atoms with Gasteiger partial charge in [0, 0.05) is 20.0 Å². The molecule has 0 amide bonds. The maximum atomic E-state index is 6.31. The molecule has 5 heteroatoms. The monoisotopic (exact) mass is 345 g/mol. The van der Waals surface area contributed by atoms with Gasteiger partial charge in [0.15, 0.2) is 0 Å². The number of hydrogen-bond acceptors (Lipinski definition) is 3. The fourth-order valence-corrected chi connectivity index (χ4v) is 4.63. The van der Waals surface area contributed by atoms with E-state index in [1.54, 1.807) is 11.3 Å². The Bertz CT molecular complexity index is 531. The molecule has 0 bridgehead atoms. The summed E-state index contributed by atoms with van der Waals surface area (Å²) in [5.41, 5.74) is 1.23. The predicted molar refractivity (Wildman–Crippen MR) is 80.3 cm³/mol. The highest BCUT2D eigenvalue weighted by Crippen LogP contribution is 2.45. The van der Waals surface area contributed by atoms with E-state index in [9.17, 15) is 0 Å². The zero-order valence-electron chi connectivity index (χ0n) is 8.82. The molecule has 1 aromatic rings. The molecule has 3 rings (SSSR count). The Morgan fingerprint density at radius 3 is 3.06 bits per heavy atom. The molecule has 0 spiro atoms. The molecular formula is C12H9BrClNS2. The summed E-state index contributed by atoms with van der Waals surface area (Å²) < 4.78 is 1.23. The molecule has 0 saturated heterocycles. The molecule has 0 atom stereocenters. The van der Waals surface area contributed by atoms with Gasteiger partial charge in [-0.1, -0.05) is 33.6 Å². The quantitative estimate of drug-likeness (QED) is 0.702. The molecule has 17 heavy (non-hydrogen) atoms. The summed E-state index contributed by atoms with van der Waals surface area (Å²) in [6.45, 7) is 0.843. The van der Waals surface area contributed by atoms with Crippen molar-refractivity contribution in [3.05, 3.63) is 54.8 Å². The van der Waals surface area contributed by atoms with E-state index >= 15 is 0 Å². The molecule has 0 aliphatic carbocycles. The normalized spacial score (nSPS) is 19.3. The van der Waals surface area contributed by atoms with Gasteiger partial charge in [0.25, 0.3) is 0 Å². The molecule has 1 nitrogen and oxygen atoms in total. The van der Waals surface area contributed by atoms with Crippen molar-refractivity contribution in [2.75, 3.05) is 5.75 Å². The van der Waals surface area contributed by atoms with E-state index < -0.39 is 0 Å². The summed E-state index contributed by atoms with van der Waals surface area (Å²) in [6.07, 6.45) is 4.08. The van der Waals surface area contributed by atoms with E-state index in [1.807, 2.05) is 17.8 Å². The van der Waals surface area contributed by atoms with Crippen LogP contribution in [0.1, 0.15) is 4.88 Å². The summed E-state index contributed by atoms with van der Waals surface area (Å²) in [6, 6.07) is 4.22. The second-order valence-corrected chi connectivity index (χ2v) is 7.12. The van der Waals surface area contributed by atoms with E-state index in [4.69, 9.17) is 11.6 Å².